The number of nitrogen functional groups attached to an aromatic ring is 1. The highest BCUT2D eigenvalue weighted by Crippen LogP contribution is 2.30. The minimum atomic E-state index is -0.341. The van der Waals surface area contributed by atoms with Crippen LogP contribution in [-0.2, 0) is 6.42 Å². The van der Waals surface area contributed by atoms with Crippen molar-refractivity contribution in [3.05, 3.63) is 115 Å². The minimum Gasteiger partial charge on any atom is -0.405 e. The molecule has 0 aliphatic heterocycles. The van der Waals surface area contributed by atoms with Crippen LogP contribution < -0.4 is 11.5 Å². The number of benzene rings is 1. The van der Waals surface area contributed by atoms with Gasteiger partial charge in [0.05, 0.1) is 5.52 Å². The molecule has 0 saturated carbocycles. The highest BCUT2D eigenvalue weighted by atomic mass is 19.1. The summed E-state index contributed by atoms with van der Waals surface area (Å²) in [5, 5.41) is 0. The molecule has 1 aromatic carbocycles. The van der Waals surface area contributed by atoms with Gasteiger partial charge in [0.2, 0.25) is 0 Å². The molecule has 39 heavy (non-hydrogen) atoms. The van der Waals surface area contributed by atoms with Gasteiger partial charge in [-0.15, -0.1) is 12.8 Å². The summed E-state index contributed by atoms with van der Waals surface area (Å²) in [6.45, 7) is 11.0. The molecule has 0 spiro atoms. The quantitative estimate of drug-likeness (QED) is 0.131. The Labute approximate surface area is 230 Å². The lowest BCUT2D eigenvalue weighted by Gasteiger charge is -2.12. The molecule has 0 atom stereocenters. The molecule has 6 nitrogen and oxygen atoms in total. The van der Waals surface area contributed by atoms with Crippen LogP contribution in [0.3, 0.4) is 0 Å². The van der Waals surface area contributed by atoms with Crippen molar-refractivity contribution >= 4 is 22.4 Å². The first-order valence-corrected chi connectivity index (χ1v) is 12.4. The summed E-state index contributed by atoms with van der Waals surface area (Å²) in [6, 6.07) is 9.26. The normalized spacial score (nSPS) is 11.1. The Bertz CT molecular complexity index is 1480. The van der Waals surface area contributed by atoms with E-state index in [4.69, 9.17) is 5.73 Å². The van der Waals surface area contributed by atoms with Crippen LogP contribution >= 0.6 is 0 Å². The van der Waals surface area contributed by atoms with Gasteiger partial charge in [0.25, 0.3) is 0 Å². The van der Waals surface area contributed by atoms with Gasteiger partial charge in [-0.3, -0.25) is 4.98 Å². The van der Waals surface area contributed by atoms with E-state index in [1.807, 2.05) is 43.4 Å². The van der Waals surface area contributed by atoms with Crippen molar-refractivity contribution in [3.63, 3.8) is 0 Å². The molecule has 200 valence electrons. The number of nitrogens with two attached hydrogens (primary N) is 2. The molecule has 0 bridgehead atoms. The van der Waals surface area contributed by atoms with Crippen molar-refractivity contribution in [1.82, 2.24) is 19.9 Å². The third kappa shape index (κ3) is 7.53. The average molecular weight is 523 g/mol. The Hall–Kier alpha value is -4.96. The fourth-order valence-corrected chi connectivity index (χ4v) is 4.06. The molecule has 7 heteroatoms. The maximum Gasteiger partial charge on any atom is 0.178 e. The van der Waals surface area contributed by atoms with Gasteiger partial charge in [-0.1, -0.05) is 44.7 Å². The highest BCUT2D eigenvalue weighted by Gasteiger charge is 2.17. The fraction of sp³-hybridized carbons (Fsp3) is 0.156. The van der Waals surface area contributed by atoms with E-state index in [2.05, 4.69) is 58.6 Å². The lowest BCUT2D eigenvalue weighted by atomic mass is 9.96. The smallest absolute Gasteiger partial charge is 0.178 e. The van der Waals surface area contributed by atoms with Gasteiger partial charge in [0, 0.05) is 47.4 Å². The van der Waals surface area contributed by atoms with Crippen LogP contribution in [-0.4, -0.2) is 19.9 Å². The van der Waals surface area contributed by atoms with Gasteiger partial charge >= 0.3 is 0 Å². The number of nitrogens with zero attached hydrogens (tertiary/aromatic N) is 3. The SMILES string of the molecule is C#C.C=C/C(=C\C(=C/C)c1ccc(N)c(Cc2nc3nccc(-c4ccncc4)c3[nH]2)c1F)CCC.C=CN. The molecule has 0 saturated heterocycles. The zero-order chi connectivity index (χ0) is 28.8. The van der Waals surface area contributed by atoms with Crippen molar-refractivity contribution < 1.29 is 4.39 Å². The second-order valence-electron chi connectivity index (χ2n) is 8.30. The van der Waals surface area contributed by atoms with E-state index in [0.29, 0.717) is 28.3 Å². The third-order valence-corrected chi connectivity index (χ3v) is 5.82. The molecule has 0 radical (unpaired) electrons. The molecule has 0 unspecified atom stereocenters. The van der Waals surface area contributed by atoms with Gasteiger partial charge < -0.3 is 16.5 Å². The molecule has 5 N–H and O–H groups in total. The van der Waals surface area contributed by atoms with Crippen LogP contribution in [0.15, 0.2) is 92.1 Å². The average Bonchev–Trinajstić information content (AvgIpc) is 3.38. The summed E-state index contributed by atoms with van der Waals surface area (Å²) in [6.07, 6.45) is 22.3. The van der Waals surface area contributed by atoms with Gasteiger partial charge in [-0.05, 0) is 66.6 Å². The van der Waals surface area contributed by atoms with Crippen LogP contribution in [0.25, 0.3) is 27.9 Å². The van der Waals surface area contributed by atoms with Crippen LogP contribution in [0.1, 0.15) is 43.6 Å². The summed E-state index contributed by atoms with van der Waals surface area (Å²) in [4.78, 5) is 16.4. The Kier molecular flexibility index (Phi) is 11.9. The largest absolute Gasteiger partial charge is 0.405 e. The van der Waals surface area contributed by atoms with Crippen LogP contribution in [0, 0.1) is 18.7 Å². The molecule has 4 aromatic rings. The van der Waals surface area contributed by atoms with Crippen molar-refractivity contribution in [2.24, 2.45) is 5.73 Å². The Morgan fingerprint density at radius 1 is 1.10 bits per heavy atom. The lowest BCUT2D eigenvalue weighted by molar-refractivity contribution is 0.610. The number of H-pyrrole nitrogens is 1. The summed E-state index contributed by atoms with van der Waals surface area (Å²) in [5.74, 6) is 0.258. The first kappa shape index (κ1) is 30.3. The number of hydrogen-bond donors (Lipinski definition) is 3. The number of terminal acetylenes is 1. The third-order valence-electron chi connectivity index (χ3n) is 5.82. The summed E-state index contributed by atoms with van der Waals surface area (Å²) in [7, 11) is 0. The number of anilines is 1. The summed E-state index contributed by atoms with van der Waals surface area (Å²) >= 11 is 0. The van der Waals surface area contributed by atoms with E-state index >= 15 is 4.39 Å². The topological polar surface area (TPSA) is 106 Å². The number of imidazole rings is 1. The number of halogens is 1. The molecule has 0 fully saturated rings. The summed E-state index contributed by atoms with van der Waals surface area (Å²) < 4.78 is 15.8. The van der Waals surface area contributed by atoms with Gasteiger partial charge in [0.15, 0.2) is 5.65 Å². The van der Waals surface area contributed by atoms with Crippen molar-refractivity contribution in [2.45, 2.75) is 33.1 Å². The van der Waals surface area contributed by atoms with E-state index in [0.717, 1.165) is 40.6 Å². The second-order valence-corrected chi connectivity index (χ2v) is 8.30. The van der Waals surface area contributed by atoms with E-state index in [1.54, 1.807) is 30.7 Å². The highest BCUT2D eigenvalue weighted by molar-refractivity contribution is 5.89. The Morgan fingerprint density at radius 2 is 1.79 bits per heavy atom. The number of aromatic nitrogens is 4. The predicted molar refractivity (Wildman–Crippen MR) is 162 cm³/mol. The van der Waals surface area contributed by atoms with Crippen molar-refractivity contribution in [2.75, 3.05) is 5.73 Å². The molecule has 3 aromatic heterocycles. The van der Waals surface area contributed by atoms with E-state index < -0.39 is 0 Å². The van der Waals surface area contributed by atoms with Gasteiger partial charge in [-0.2, -0.15) is 0 Å². The standard InChI is InChI=1S/C28H28FN5.C2H5N.C2H2/c1-4-7-18(5-2)16-19(6-3)21-8-9-24(30)23(26(21)29)17-25-33-27-22(12-15-32-28(27)34-25)20-10-13-31-14-11-20;1-2-3;1-2/h5-6,8-16H,2,4,7,17,30H2,1,3H3,(H,32,33,34);2H,1,3H2;1-2H/b18-16+,19-6+;;. The molecule has 0 amide bonds. The second kappa shape index (κ2) is 15.3. The van der Waals surface area contributed by atoms with Crippen LogP contribution in [0.4, 0.5) is 10.1 Å². The van der Waals surface area contributed by atoms with Gasteiger partial charge in [-0.25, -0.2) is 14.4 Å². The number of aromatic amines is 1. The molecule has 0 aliphatic rings. The number of pyridine rings is 2. The zero-order valence-corrected chi connectivity index (χ0v) is 22.5. The van der Waals surface area contributed by atoms with Gasteiger partial charge in [0.1, 0.15) is 11.6 Å². The lowest BCUT2D eigenvalue weighted by Crippen LogP contribution is -2.04. The molecule has 4 rings (SSSR count). The predicted octanol–water partition coefficient (Wildman–Crippen LogP) is 6.99. The number of hydrogen-bond acceptors (Lipinski definition) is 5. The van der Waals surface area contributed by atoms with E-state index in [-0.39, 0.29) is 12.2 Å². The Morgan fingerprint density at radius 3 is 2.41 bits per heavy atom. The van der Waals surface area contributed by atoms with Crippen LogP contribution in [0.5, 0.6) is 0 Å². The van der Waals surface area contributed by atoms with Crippen LogP contribution in [0.2, 0.25) is 0 Å². The number of fused-ring (bicyclic) bond motifs is 1. The monoisotopic (exact) mass is 522 g/mol. The maximum atomic E-state index is 15.8. The molecular formula is C32H35FN6. The zero-order valence-electron chi connectivity index (χ0n) is 22.5. The minimum absolute atomic E-state index is 0.224. The Balaban J connectivity index is 0.000000998. The first-order valence-electron chi connectivity index (χ1n) is 12.4. The van der Waals surface area contributed by atoms with Crippen molar-refractivity contribution in [3.8, 4) is 24.0 Å². The van der Waals surface area contributed by atoms with E-state index in [9.17, 15) is 0 Å². The molecule has 3 heterocycles. The number of rotatable bonds is 8. The number of allylic oxidation sites excluding steroid dienone is 5. The van der Waals surface area contributed by atoms with Crippen molar-refractivity contribution in [1.29, 1.82) is 0 Å². The van der Waals surface area contributed by atoms with E-state index in [1.165, 1.54) is 6.20 Å². The molecule has 0 aliphatic carbocycles. The summed E-state index contributed by atoms with van der Waals surface area (Å²) in [5.41, 5.74) is 17.3. The number of nitrogens with one attached hydrogen (secondary N) is 1. The molecular weight excluding hydrogens is 487 g/mol. The maximum absolute atomic E-state index is 15.8. The fourth-order valence-electron chi connectivity index (χ4n) is 4.06. The first-order chi connectivity index (χ1) is 19.0.